The zero-order valence-corrected chi connectivity index (χ0v) is 13.3. The van der Waals surface area contributed by atoms with Gasteiger partial charge >= 0.3 is 5.97 Å². The van der Waals surface area contributed by atoms with Crippen molar-refractivity contribution >= 4 is 29.6 Å². The molecular weight excluding hydrogens is 315 g/mol. The second-order valence-electron chi connectivity index (χ2n) is 4.88. The molecule has 0 aliphatic carbocycles. The minimum Gasteiger partial charge on any atom is -0.481 e. The standard InChI is InChI=1S/C18H15FO3S/c1-12-4-2-3-5-13(12)6-8-16(20)14-7-9-17(15(19)10-14)23-11-18(21)22/h2-10H,11H2,1H3,(H,21,22)/b8-6+. The van der Waals surface area contributed by atoms with Crippen LogP contribution in [0.4, 0.5) is 4.39 Å². The maximum atomic E-state index is 13.9. The summed E-state index contributed by atoms with van der Waals surface area (Å²) in [6.45, 7) is 1.94. The van der Waals surface area contributed by atoms with Crippen molar-refractivity contribution in [2.45, 2.75) is 11.8 Å². The number of hydrogen-bond donors (Lipinski definition) is 1. The molecule has 0 amide bonds. The van der Waals surface area contributed by atoms with Crippen molar-refractivity contribution in [2.75, 3.05) is 5.75 Å². The summed E-state index contributed by atoms with van der Waals surface area (Å²) < 4.78 is 13.9. The Morgan fingerprint density at radius 1 is 1.22 bits per heavy atom. The SMILES string of the molecule is Cc1ccccc1/C=C/C(=O)c1ccc(SCC(=O)O)c(F)c1. The summed E-state index contributed by atoms with van der Waals surface area (Å²) in [7, 11) is 0. The molecule has 0 atom stereocenters. The van der Waals surface area contributed by atoms with Crippen LogP contribution in [0.15, 0.2) is 53.4 Å². The number of hydrogen-bond acceptors (Lipinski definition) is 3. The molecule has 0 fully saturated rings. The zero-order chi connectivity index (χ0) is 16.8. The molecule has 2 rings (SSSR count). The number of carbonyl (C=O) groups excluding carboxylic acids is 1. The van der Waals surface area contributed by atoms with E-state index in [2.05, 4.69) is 0 Å². The van der Waals surface area contributed by atoms with Crippen LogP contribution in [0.1, 0.15) is 21.5 Å². The van der Waals surface area contributed by atoms with Gasteiger partial charge in [0.1, 0.15) is 5.82 Å². The molecule has 5 heteroatoms. The van der Waals surface area contributed by atoms with E-state index in [1.54, 1.807) is 6.08 Å². The van der Waals surface area contributed by atoms with E-state index >= 15 is 0 Å². The molecule has 118 valence electrons. The van der Waals surface area contributed by atoms with Crippen LogP contribution in [0.5, 0.6) is 0 Å². The number of halogens is 1. The minimum atomic E-state index is -1.02. The fourth-order valence-corrected chi connectivity index (χ4v) is 2.59. The number of aliphatic carboxylic acids is 1. The summed E-state index contributed by atoms with van der Waals surface area (Å²) >= 11 is 0.884. The molecule has 0 bridgehead atoms. The van der Waals surface area contributed by atoms with E-state index in [9.17, 15) is 14.0 Å². The summed E-state index contributed by atoms with van der Waals surface area (Å²) in [6.07, 6.45) is 3.10. The van der Waals surface area contributed by atoms with Crippen molar-refractivity contribution in [3.8, 4) is 0 Å². The van der Waals surface area contributed by atoms with Crippen LogP contribution in [0.25, 0.3) is 6.08 Å². The molecule has 2 aromatic rings. The maximum Gasteiger partial charge on any atom is 0.313 e. The fourth-order valence-electron chi connectivity index (χ4n) is 1.95. The van der Waals surface area contributed by atoms with Crippen molar-refractivity contribution in [2.24, 2.45) is 0 Å². The number of rotatable bonds is 6. The van der Waals surface area contributed by atoms with Crippen molar-refractivity contribution in [1.29, 1.82) is 0 Å². The third-order valence-corrected chi connectivity index (χ3v) is 4.20. The molecule has 0 heterocycles. The largest absolute Gasteiger partial charge is 0.481 e. The van der Waals surface area contributed by atoms with Crippen LogP contribution < -0.4 is 0 Å². The van der Waals surface area contributed by atoms with Crippen LogP contribution >= 0.6 is 11.8 Å². The molecule has 2 aromatic carbocycles. The van der Waals surface area contributed by atoms with Gasteiger partial charge in [-0.2, -0.15) is 0 Å². The van der Waals surface area contributed by atoms with Crippen molar-refractivity contribution < 1.29 is 19.1 Å². The Morgan fingerprint density at radius 3 is 2.61 bits per heavy atom. The number of allylic oxidation sites excluding steroid dienone is 1. The quantitative estimate of drug-likeness (QED) is 0.490. The third-order valence-electron chi connectivity index (χ3n) is 3.17. The first kappa shape index (κ1) is 17.0. The lowest BCUT2D eigenvalue weighted by molar-refractivity contribution is -0.133. The molecule has 0 spiro atoms. The summed E-state index contributed by atoms with van der Waals surface area (Å²) in [4.78, 5) is 22.8. The lowest BCUT2D eigenvalue weighted by atomic mass is 10.1. The van der Waals surface area contributed by atoms with E-state index in [1.807, 2.05) is 31.2 Å². The summed E-state index contributed by atoms with van der Waals surface area (Å²) in [6, 6.07) is 11.7. The van der Waals surface area contributed by atoms with E-state index in [0.717, 1.165) is 29.0 Å². The van der Waals surface area contributed by atoms with E-state index in [-0.39, 0.29) is 22.0 Å². The van der Waals surface area contributed by atoms with Gasteiger partial charge in [-0.3, -0.25) is 9.59 Å². The predicted octanol–water partition coefficient (Wildman–Crippen LogP) is 4.21. The Labute approximate surface area is 137 Å². The van der Waals surface area contributed by atoms with Crippen LogP contribution in [-0.2, 0) is 4.79 Å². The monoisotopic (exact) mass is 330 g/mol. The van der Waals surface area contributed by atoms with Gasteiger partial charge in [0.2, 0.25) is 0 Å². The van der Waals surface area contributed by atoms with Gasteiger partial charge in [-0.15, -0.1) is 11.8 Å². The lowest BCUT2D eigenvalue weighted by Gasteiger charge is -2.03. The number of carboxylic acids is 1. The molecule has 0 radical (unpaired) electrons. The van der Waals surface area contributed by atoms with Crippen molar-refractivity contribution in [1.82, 2.24) is 0 Å². The highest BCUT2D eigenvalue weighted by atomic mass is 32.2. The van der Waals surface area contributed by atoms with E-state index < -0.39 is 11.8 Å². The second-order valence-corrected chi connectivity index (χ2v) is 5.90. The Hall–Kier alpha value is -2.40. The fraction of sp³-hybridized carbons (Fsp3) is 0.111. The van der Waals surface area contributed by atoms with E-state index in [0.29, 0.717) is 0 Å². The Morgan fingerprint density at radius 2 is 1.96 bits per heavy atom. The van der Waals surface area contributed by atoms with E-state index in [4.69, 9.17) is 5.11 Å². The van der Waals surface area contributed by atoms with Crippen LogP contribution in [0.2, 0.25) is 0 Å². The van der Waals surface area contributed by atoms with Crippen LogP contribution in [0.3, 0.4) is 0 Å². The van der Waals surface area contributed by atoms with Crippen LogP contribution in [-0.4, -0.2) is 22.6 Å². The highest BCUT2D eigenvalue weighted by Gasteiger charge is 2.09. The normalized spacial score (nSPS) is 10.9. The van der Waals surface area contributed by atoms with Gasteiger partial charge in [-0.25, -0.2) is 4.39 Å². The van der Waals surface area contributed by atoms with Gasteiger partial charge in [-0.05, 0) is 42.3 Å². The summed E-state index contributed by atoms with van der Waals surface area (Å²) in [5.41, 5.74) is 2.20. The first-order valence-electron chi connectivity index (χ1n) is 6.89. The molecule has 3 nitrogen and oxygen atoms in total. The number of thioether (sulfide) groups is 1. The number of ketones is 1. The molecule has 0 aromatic heterocycles. The number of benzene rings is 2. The molecule has 0 saturated carbocycles. The Bertz CT molecular complexity index is 769. The Kier molecular flexibility index (Phi) is 5.71. The minimum absolute atomic E-state index is 0.215. The molecule has 0 unspecified atom stereocenters. The first-order chi connectivity index (χ1) is 11.0. The van der Waals surface area contributed by atoms with Gasteiger partial charge in [0.15, 0.2) is 5.78 Å². The van der Waals surface area contributed by atoms with Gasteiger partial charge in [-0.1, -0.05) is 30.3 Å². The molecule has 0 aliphatic rings. The molecule has 0 aliphatic heterocycles. The first-order valence-corrected chi connectivity index (χ1v) is 7.88. The predicted molar refractivity (Wildman–Crippen MR) is 89.3 cm³/mol. The van der Waals surface area contributed by atoms with Gasteiger partial charge in [0, 0.05) is 10.5 Å². The van der Waals surface area contributed by atoms with Gasteiger partial charge in [0.25, 0.3) is 0 Å². The molecular formula is C18H15FO3S. The number of carbonyl (C=O) groups is 2. The second kappa shape index (κ2) is 7.74. The average Bonchev–Trinajstić information content (AvgIpc) is 2.52. The third kappa shape index (κ3) is 4.79. The number of aryl methyl sites for hydroxylation is 1. The lowest BCUT2D eigenvalue weighted by Crippen LogP contribution is -2.00. The summed E-state index contributed by atoms with van der Waals surface area (Å²) in [5.74, 6) is -2.14. The van der Waals surface area contributed by atoms with E-state index in [1.165, 1.54) is 18.2 Å². The maximum absolute atomic E-state index is 13.9. The number of carboxylic acid groups (broad SMARTS) is 1. The summed E-state index contributed by atoms with van der Waals surface area (Å²) in [5, 5.41) is 8.60. The Balaban J connectivity index is 2.12. The van der Waals surface area contributed by atoms with Crippen molar-refractivity contribution in [3.63, 3.8) is 0 Å². The van der Waals surface area contributed by atoms with Gasteiger partial charge in [0.05, 0.1) is 5.75 Å². The average molecular weight is 330 g/mol. The molecule has 1 N–H and O–H groups in total. The van der Waals surface area contributed by atoms with Crippen LogP contribution in [0, 0.1) is 12.7 Å². The smallest absolute Gasteiger partial charge is 0.313 e. The van der Waals surface area contributed by atoms with Crippen molar-refractivity contribution in [3.05, 3.63) is 71.0 Å². The highest BCUT2D eigenvalue weighted by molar-refractivity contribution is 8.00. The highest BCUT2D eigenvalue weighted by Crippen LogP contribution is 2.23. The molecule has 0 saturated heterocycles. The van der Waals surface area contributed by atoms with Gasteiger partial charge < -0.3 is 5.11 Å². The topological polar surface area (TPSA) is 54.4 Å². The molecule has 23 heavy (non-hydrogen) atoms. The zero-order valence-electron chi connectivity index (χ0n) is 12.5.